The molecule has 1 aliphatic carbocycles. The van der Waals surface area contributed by atoms with Gasteiger partial charge in [0.15, 0.2) is 0 Å². The van der Waals surface area contributed by atoms with Crippen molar-refractivity contribution in [2.75, 3.05) is 0 Å². The molecular weight excluding hydrogens is 206 g/mol. The molecule has 0 spiro atoms. The minimum atomic E-state index is -1.07. The molecule has 0 bridgehead atoms. The summed E-state index contributed by atoms with van der Waals surface area (Å²) in [5, 5.41) is 11.3. The maximum atomic E-state index is 11.5. The fraction of sp³-hybridized carbons (Fsp3) is 0.667. The Balaban J connectivity index is 2.36. The normalized spacial score (nSPS) is 17.7. The first kappa shape index (κ1) is 12.6. The Morgan fingerprint density at radius 1 is 1.44 bits per heavy atom. The quantitative estimate of drug-likeness (QED) is 0.687. The van der Waals surface area contributed by atoms with Crippen LogP contribution >= 0.6 is 0 Å². The number of carboxylic acid groups (broad SMARTS) is 1. The van der Waals surface area contributed by atoms with E-state index in [9.17, 15) is 9.59 Å². The van der Waals surface area contributed by atoms with Gasteiger partial charge in [-0.15, -0.1) is 12.3 Å². The van der Waals surface area contributed by atoms with Crippen molar-refractivity contribution in [3.05, 3.63) is 0 Å². The standard InChI is InChI=1S/C12H17NO3/c1-2-5-10(12(15)16)13-11(14)8-9-6-3-4-7-9/h1,9-10H,3-8H2,(H,13,14)(H,15,16)/t10-/m1/s1. The Kier molecular flexibility index (Phi) is 4.84. The molecule has 1 fully saturated rings. The third-order valence-corrected chi connectivity index (χ3v) is 2.90. The van der Waals surface area contributed by atoms with Crippen molar-refractivity contribution in [2.24, 2.45) is 5.92 Å². The maximum Gasteiger partial charge on any atom is 0.327 e. The van der Waals surface area contributed by atoms with Crippen LogP contribution in [0.15, 0.2) is 0 Å². The van der Waals surface area contributed by atoms with Gasteiger partial charge < -0.3 is 10.4 Å². The zero-order valence-corrected chi connectivity index (χ0v) is 9.24. The zero-order chi connectivity index (χ0) is 12.0. The van der Waals surface area contributed by atoms with Crippen molar-refractivity contribution in [2.45, 2.75) is 44.6 Å². The summed E-state index contributed by atoms with van der Waals surface area (Å²) in [7, 11) is 0. The van der Waals surface area contributed by atoms with Crippen LogP contribution in [0, 0.1) is 18.3 Å². The van der Waals surface area contributed by atoms with Crippen molar-refractivity contribution >= 4 is 11.9 Å². The highest BCUT2D eigenvalue weighted by Crippen LogP contribution is 2.27. The van der Waals surface area contributed by atoms with Gasteiger partial charge in [0, 0.05) is 12.8 Å². The number of rotatable bonds is 5. The molecule has 0 aromatic rings. The molecular formula is C12H17NO3. The number of amides is 1. The lowest BCUT2D eigenvalue weighted by molar-refractivity contribution is -0.141. The van der Waals surface area contributed by atoms with Gasteiger partial charge in [0.25, 0.3) is 0 Å². The van der Waals surface area contributed by atoms with Crippen LogP contribution in [0.2, 0.25) is 0 Å². The van der Waals surface area contributed by atoms with Crippen LogP contribution in [0.1, 0.15) is 38.5 Å². The molecule has 0 radical (unpaired) electrons. The smallest absolute Gasteiger partial charge is 0.327 e. The molecule has 1 aliphatic rings. The van der Waals surface area contributed by atoms with Gasteiger partial charge in [-0.3, -0.25) is 4.79 Å². The topological polar surface area (TPSA) is 66.4 Å². The van der Waals surface area contributed by atoms with Gasteiger partial charge in [-0.2, -0.15) is 0 Å². The van der Waals surface area contributed by atoms with Gasteiger partial charge in [-0.1, -0.05) is 12.8 Å². The van der Waals surface area contributed by atoms with Crippen LogP contribution in [0.5, 0.6) is 0 Å². The second kappa shape index (κ2) is 6.16. The summed E-state index contributed by atoms with van der Waals surface area (Å²) in [5.41, 5.74) is 0. The first-order valence-corrected chi connectivity index (χ1v) is 5.59. The Labute approximate surface area is 95.4 Å². The number of carbonyl (C=O) groups is 2. The molecule has 1 saturated carbocycles. The van der Waals surface area contributed by atoms with E-state index in [-0.39, 0.29) is 12.3 Å². The molecule has 0 heterocycles. The van der Waals surface area contributed by atoms with E-state index in [1.165, 1.54) is 12.8 Å². The van der Waals surface area contributed by atoms with E-state index in [0.717, 1.165) is 12.8 Å². The second-order valence-corrected chi connectivity index (χ2v) is 4.22. The monoisotopic (exact) mass is 223 g/mol. The first-order chi connectivity index (χ1) is 7.63. The summed E-state index contributed by atoms with van der Waals surface area (Å²) in [6.45, 7) is 0. The predicted octanol–water partition coefficient (Wildman–Crippen LogP) is 1.16. The van der Waals surface area contributed by atoms with Crippen LogP contribution in [0.4, 0.5) is 0 Å². The first-order valence-electron chi connectivity index (χ1n) is 5.59. The lowest BCUT2D eigenvalue weighted by Crippen LogP contribution is -2.41. The Hall–Kier alpha value is -1.50. The van der Waals surface area contributed by atoms with Crippen molar-refractivity contribution in [1.82, 2.24) is 5.32 Å². The van der Waals surface area contributed by atoms with Gasteiger partial charge in [0.05, 0.1) is 0 Å². The molecule has 1 amide bonds. The van der Waals surface area contributed by atoms with E-state index in [2.05, 4.69) is 11.2 Å². The number of aliphatic carboxylic acids is 1. The lowest BCUT2D eigenvalue weighted by atomic mass is 10.0. The average Bonchev–Trinajstić information content (AvgIpc) is 2.69. The van der Waals surface area contributed by atoms with Crippen LogP contribution in [0.25, 0.3) is 0 Å². The lowest BCUT2D eigenvalue weighted by Gasteiger charge is -2.13. The van der Waals surface area contributed by atoms with E-state index in [1.807, 2.05) is 0 Å². The molecule has 0 aromatic carbocycles. The third kappa shape index (κ3) is 3.93. The van der Waals surface area contributed by atoms with Gasteiger partial charge >= 0.3 is 5.97 Å². The maximum absolute atomic E-state index is 11.5. The second-order valence-electron chi connectivity index (χ2n) is 4.22. The molecule has 0 aromatic heterocycles. The van der Waals surface area contributed by atoms with Crippen molar-refractivity contribution in [3.8, 4) is 12.3 Å². The number of carboxylic acids is 1. The van der Waals surface area contributed by atoms with Crippen LogP contribution in [-0.4, -0.2) is 23.0 Å². The van der Waals surface area contributed by atoms with Crippen LogP contribution < -0.4 is 5.32 Å². The Morgan fingerprint density at radius 3 is 2.56 bits per heavy atom. The Bertz CT molecular complexity index is 300. The van der Waals surface area contributed by atoms with Gasteiger partial charge in [0.2, 0.25) is 5.91 Å². The molecule has 4 heteroatoms. The largest absolute Gasteiger partial charge is 0.480 e. The highest BCUT2D eigenvalue weighted by molar-refractivity contribution is 5.83. The fourth-order valence-corrected chi connectivity index (χ4v) is 2.05. The number of nitrogens with one attached hydrogen (secondary N) is 1. The molecule has 88 valence electrons. The van der Waals surface area contributed by atoms with Crippen LogP contribution in [0.3, 0.4) is 0 Å². The zero-order valence-electron chi connectivity index (χ0n) is 9.24. The molecule has 0 aliphatic heterocycles. The minimum absolute atomic E-state index is 0.0335. The number of hydrogen-bond donors (Lipinski definition) is 2. The minimum Gasteiger partial charge on any atom is -0.480 e. The van der Waals surface area contributed by atoms with Crippen molar-refractivity contribution in [1.29, 1.82) is 0 Å². The molecule has 4 nitrogen and oxygen atoms in total. The van der Waals surface area contributed by atoms with E-state index >= 15 is 0 Å². The van der Waals surface area contributed by atoms with E-state index in [1.54, 1.807) is 0 Å². The molecule has 16 heavy (non-hydrogen) atoms. The molecule has 1 atom stereocenters. The average molecular weight is 223 g/mol. The summed E-state index contributed by atoms with van der Waals surface area (Å²) in [5.74, 6) is 1.40. The molecule has 0 unspecified atom stereocenters. The third-order valence-electron chi connectivity index (χ3n) is 2.90. The summed E-state index contributed by atoms with van der Waals surface area (Å²) >= 11 is 0. The highest BCUT2D eigenvalue weighted by atomic mass is 16.4. The molecule has 0 saturated heterocycles. The van der Waals surface area contributed by atoms with Crippen LogP contribution in [-0.2, 0) is 9.59 Å². The summed E-state index contributed by atoms with van der Waals surface area (Å²) in [6, 6.07) is -0.945. The van der Waals surface area contributed by atoms with E-state index in [4.69, 9.17) is 11.5 Å². The summed E-state index contributed by atoms with van der Waals surface area (Å²) in [6.07, 6.45) is 9.98. The number of terminal acetylenes is 1. The summed E-state index contributed by atoms with van der Waals surface area (Å²) in [4.78, 5) is 22.3. The number of hydrogen-bond acceptors (Lipinski definition) is 2. The number of carbonyl (C=O) groups excluding carboxylic acids is 1. The van der Waals surface area contributed by atoms with Gasteiger partial charge in [-0.25, -0.2) is 4.79 Å². The molecule has 2 N–H and O–H groups in total. The van der Waals surface area contributed by atoms with E-state index < -0.39 is 12.0 Å². The SMILES string of the molecule is C#CC[C@@H](NC(=O)CC1CCCC1)C(=O)O. The predicted molar refractivity (Wildman–Crippen MR) is 59.6 cm³/mol. The van der Waals surface area contributed by atoms with Gasteiger partial charge in [-0.05, 0) is 18.8 Å². The van der Waals surface area contributed by atoms with Crippen molar-refractivity contribution < 1.29 is 14.7 Å². The Morgan fingerprint density at radius 2 is 2.06 bits per heavy atom. The summed E-state index contributed by atoms with van der Waals surface area (Å²) < 4.78 is 0. The fourth-order valence-electron chi connectivity index (χ4n) is 2.05. The van der Waals surface area contributed by atoms with Gasteiger partial charge in [0.1, 0.15) is 6.04 Å². The molecule has 1 rings (SSSR count). The van der Waals surface area contributed by atoms with Crippen molar-refractivity contribution in [3.63, 3.8) is 0 Å². The highest BCUT2D eigenvalue weighted by Gasteiger charge is 2.22. The van der Waals surface area contributed by atoms with E-state index in [0.29, 0.717) is 12.3 Å².